The molecule has 5 heteroatoms. The maximum absolute atomic E-state index is 14.2. The average Bonchev–Trinajstić information content (AvgIpc) is 3.01. The Labute approximate surface area is 256 Å². The predicted molar refractivity (Wildman–Crippen MR) is 175 cm³/mol. The Morgan fingerprint density at radius 2 is 1.21 bits per heavy atom. The number of hydrogen-bond donors (Lipinski definition) is 0. The van der Waals surface area contributed by atoms with Crippen LogP contribution in [0.3, 0.4) is 0 Å². The van der Waals surface area contributed by atoms with Crippen LogP contribution in [0.15, 0.2) is 42.2 Å². The molecule has 0 heterocycles. The molecule has 0 amide bonds. The van der Waals surface area contributed by atoms with Gasteiger partial charge in [-0.2, -0.15) is 0 Å². The lowest BCUT2D eigenvalue weighted by molar-refractivity contribution is 0.0914. The van der Waals surface area contributed by atoms with E-state index in [-0.39, 0.29) is 5.78 Å². The van der Waals surface area contributed by atoms with Crippen molar-refractivity contribution in [3.05, 3.63) is 58.8 Å². The van der Waals surface area contributed by atoms with Crippen LogP contribution in [0.1, 0.15) is 133 Å². The zero-order chi connectivity index (χ0) is 30.4. The topological polar surface area (TPSA) is 54.0 Å². The summed E-state index contributed by atoms with van der Waals surface area (Å²) in [7, 11) is 0. The van der Waals surface area contributed by atoms with Crippen LogP contribution in [0.5, 0.6) is 17.2 Å². The van der Waals surface area contributed by atoms with E-state index in [4.69, 9.17) is 18.9 Å². The van der Waals surface area contributed by atoms with Gasteiger partial charge in [0.25, 0.3) is 0 Å². The number of rotatable bonds is 24. The normalized spacial score (nSPS) is 11.4. The highest BCUT2D eigenvalue weighted by Crippen LogP contribution is 2.42. The average molecular weight is 581 g/mol. The summed E-state index contributed by atoms with van der Waals surface area (Å²) >= 11 is 0. The van der Waals surface area contributed by atoms with Gasteiger partial charge in [-0.3, -0.25) is 4.79 Å². The highest BCUT2D eigenvalue weighted by atomic mass is 16.5. The molecule has 42 heavy (non-hydrogen) atoms. The molecule has 2 aromatic carbocycles. The minimum Gasteiger partial charge on any atom is -0.490 e. The van der Waals surface area contributed by atoms with Crippen LogP contribution >= 0.6 is 0 Å². The van der Waals surface area contributed by atoms with Gasteiger partial charge in [-0.1, -0.05) is 110 Å². The van der Waals surface area contributed by atoms with Crippen LogP contribution in [0, 0.1) is 0 Å². The fourth-order valence-electron chi connectivity index (χ4n) is 4.60. The molecule has 0 spiro atoms. The van der Waals surface area contributed by atoms with Gasteiger partial charge >= 0.3 is 0 Å². The van der Waals surface area contributed by atoms with Crippen LogP contribution in [0.25, 0.3) is 6.08 Å². The summed E-state index contributed by atoms with van der Waals surface area (Å²) in [6, 6.07) is 11.9. The van der Waals surface area contributed by atoms with Gasteiger partial charge in [-0.15, -0.1) is 0 Å². The molecule has 0 aliphatic carbocycles. The molecular formula is C37H56O5. The number of ether oxygens (including phenoxy) is 4. The standard InChI is InChI=1S/C37H56O5/c1-6-11-15-24-39-33-23-22-32(36(41-26-17-13-8-3)37(33)42-27-18-14-9-4)35(38)34(40-25-16-12-7-2)29-31-21-19-20-30(10-5)28-31/h19-23,28-29H,6-18,24-27H2,1-5H3/b34-29-. The van der Waals surface area contributed by atoms with Crippen LogP contribution < -0.4 is 14.2 Å². The molecule has 0 aromatic heterocycles. The van der Waals surface area contributed by atoms with Crippen LogP contribution in [-0.4, -0.2) is 32.2 Å². The van der Waals surface area contributed by atoms with Gasteiger partial charge in [0, 0.05) is 0 Å². The van der Waals surface area contributed by atoms with E-state index in [2.05, 4.69) is 46.8 Å². The third-order valence-corrected chi connectivity index (χ3v) is 7.20. The van der Waals surface area contributed by atoms with Crippen molar-refractivity contribution in [1.29, 1.82) is 0 Å². The third-order valence-electron chi connectivity index (χ3n) is 7.20. The van der Waals surface area contributed by atoms with Crippen molar-refractivity contribution < 1.29 is 23.7 Å². The van der Waals surface area contributed by atoms with Gasteiger partial charge in [0.15, 0.2) is 17.3 Å². The van der Waals surface area contributed by atoms with E-state index in [1.54, 1.807) is 0 Å². The minimum atomic E-state index is -0.199. The SMILES string of the molecule is CCCCCO/C(=C\c1cccc(CC)c1)C(=O)c1ccc(OCCCCC)c(OCCCCC)c1OCCCCC. The Morgan fingerprint density at radius 1 is 0.643 bits per heavy atom. The van der Waals surface area contributed by atoms with Crippen molar-refractivity contribution in [2.24, 2.45) is 0 Å². The summed E-state index contributed by atoms with van der Waals surface area (Å²) in [6.07, 6.45) is 15.2. The summed E-state index contributed by atoms with van der Waals surface area (Å²) in [5, 5.41) is 0. The van der Waals surface area contributed by atoms with Gasteiger partial charge in [-0.25, -0.2) is 0 Å². The predicted octanol–water partition coefficient (Wildman–Crippen LogP) is 10.4. The first-order valence-corrected chi connectivity index (χ1v) is 16.6. The molecule has 0 saturated carbocycles. The molecule has 0 aliphatic rings. The largest absolute Gasteiger partial charge is 0.490 e. The Balaban J connectivity index is 2.54. The van der Waals surface area contributed by atoms with E-state index in [0.29, 0.717) is 55.0 Å². The fourth-order valence-corrected chi connectivity index (χ4v) is 4.60. The van der Waals surface area contributed by atoms with E-state index in [1.165, 1.54) is 5.56 Å². The summed E-state index contributed by atoms with van der Waals surface area (Å²) in [6.45, 7) is 13.0. The van der Waals surface area contributed by atoms with Crippen molar-refractivity contribution in [3.63, 3.8) is 0 Å². The van der Waals surface area contributed by atoms with Crippen LogP contribution in [0.2, 0.25) is 0 Å². The quantitative estimate of drug-likeness (QED) is 0.0535. The van der Waals surface area contributed by atoms with Crippen molar-refractivity contribution in [3.8, 4) is 17.2 Å². The molecule has 0 unspecified atom stereocenters. The molecule has 0 N–H and O–H groups in total. The first kappa shape index (κ1) is 35.2. The monoisotopic (exact) mass is 580 g/mol. The van der Waals surface area contributed by atoms with Crippen molar-refractivity contribution in [1.82, 2.24) is 0 Å². The number of aryl methyl sites for hydroxylation is 1. The number of Topliss-reactive ketones (excluding diaryl/α,β-unsaturated/α-hetero) is 1. The Hall–Kier alpha value is -2.95. The molecule has 5 nitrogen and oxygen atoms in total. The molecule has 0 atom stereocenters. The van der Waals surface area contributed by atoms with Crippen LogP contribution in [-0.2, 0) is 11.2 Å². The third kappa shape index (κ3) is 12.5. The number of hydrogen-bond acceptors (Lipinski definition) is 5. The minimum absolute atomic E-state index is 0.199. The Morgan fingerprint density at radius 3 is 1.81 bits per heavy atom. The lowest BCUT2D eigenvalue weighted by Crippen LogP contribution is -2.13. The van der Waals surface area contributed by atoms with E-state index >= 15 is 0 Å². The summed E-state index contributed by atoms with van der Waals surface area (Å²) in [5.74, 6) is 1.75. The summed E-state index contributed by atoms with van der Waals surface area (Å²) in [5.41, 5.74) is 2.62. The molecular weight excluding hydrogens is 524 g/mol. The van der Waals surface area contributed by atoms with Gasteiger partial charge < -0.3 is 18.9 Å². The van der Waals surface area contributed by atoms with Crippen molar-refractivity contribution in [2.75, 3.05) is 26.4 Å². The number of carbonyl (C=O) groups is 1. The van der Waals surface area contributed by atoms with Gasteiger partial charge in [0.1, 0.15) is 0 Å². The molecule has 0 aliphatic heterocycles. The molecule has 0 saturated heterocycles. The van der Waals surface area contributed by atoms with Crippen molar-refractivity contribution in [2.45, 2.75) is 118 Å². The highest BCUT2D eigenvalue weighted by Gasteiger charge is 2.25. The Kier molecular flexibility index (Phi) is 18.2. The number of ketones is 1. The number of carbonyl (C=O) groups excluding carboxylic acids is 1. The molecule has 2 rings (SSSR count). The van der Waals surface area contributed by atoms with Crippen molar-refractivity contribution >= 4 is 11.9 Å². The lowest BCUT2D eigenvalue weighted by atomic mass is 10.0. The molecule has 234 valence electrons. The van der Waals surface area contributed by atoms with Gasteiger partial charge in [-0.05, 0) is 61.4 Å². The van der Waals surface area contributed by atoms with E-state index in [9.17, 15) is 4.79 Å². The highest BCUT2D eigenvalue weighted by molar-refractivity contribution is 6.12. The maximum Gasteiger partial charge on any atom is 0.231 e. The number of benzene rings is 2. The zero-order valence-corrected chi connectivity index (χ0v) is 27.1. The van der Waals surface area contributed by atoms with E-state index < -0.39 is 0 Å². The molecule has 2 aromatic rings. The molecule has 0 bridgehead atoms. The first-order valence-electron chi connectivity index (χ1n) is 16.6. The molecule has 0 radical (unpaired) electrons. The second-order valence-electron chi connectivity index (χ2n) is 10.9. The first-order chi connectivity index (χ1) is 20.6. The van der Waals surface area contributed by atoms with E-state index in [1.807, 2.05) is 30.3 Å². The fraction of sp³-hybridized carbons (Fsp3) is 0.595. The van der Waals surface area contributed by atoms with Gasteiger partial charge in [0.2, 0.25) is 11.5 Å². The second-order valence-corrected chi connectivity index (χ2v) is 10.9. The smallest absolute Gasteiger partial charge is 0.231 e. The summed E-state index contributed by atoms with van der Waals surface area (Å²) < 4.78 is 25.1. The zero-order valence-electron chi connectivity index (χ0n) is 27.1. The number of allylic oxidation sites excluding steroid dienone is 1. The van der Waals surface area contributed by atoms with E-state index in [0.717, 1.165) is 89.0 Å². The van der Waals surface area contributed by atoms with Crippen LogP contribution in [0.4, 0.5) is 0 Å². The van der Waals surface area contributed by atoms with Gasteiger partial charge in [0.05, 0.1) is 32.0 Å². The number of unbranched alkanes of at least 4 members (excludes halogenated alkanes) is 8. The Bertz CT molecular complexity index is 1060. The maximum atomic E-state index is 14.2. The molecule has 0 fully saturated rings. The summed E-state index contributed by atoms with van der Waals surface area (Å²) in [4.78, 5) is 14.2. The second kappa shape index (κ2) is 21.7. The lowest BCUT2D eigenvalue weighted by Gasteiger charge is -2.20.